The molecule has 7 rings (SSSR count). The molecule has 2 N–H and O–H groups in total. The molecular formula is C31H29F3N6O5S3. The number of anilines is 3. The van der Waals surface area contributed by atoms with Crippen LogP contribution < -0.4 is 14.9 Å². The summed E-state index contributed by atoms with van der Waals surface area (Å²) >= 11 is 1.25. The zero-order valence-electron chi connectivity index (χ0n) is 25.2. The highest BCUT2D eigenvalue weighted by Crippen LogP contribution is 2.46. The number of benzene rings is 2. The number of carbonyl (C=O) groups is 1. The van der Waals surface area contributed by atoms with Crippen molar-refractivity contribution in [3.05, 3.63) is 66.1 Å². The number of hydrogen-bond donors (Lipinski definition) is 2. The number of fused-ring (bicyclic) bond motifs is 2. The summed E-state index contributed by atoms with van der Waals surface area (Å²) in [5.41, 5.74) is -0.103. The van der Waals surface area contributed by atoms with E-state index in [-0.39, 0.29) is 52.6 Å². The second-order valence-electron chi connectivity index (χ2n) is 12.1. The molecule has 0 amide bonds. The van der Waals surface area contributed by atoms with Gasteiger partial charge in [0.15, 0.2) is 15.8 Å². The zero-order valence-corrected chi connectivity index (χ0v) is 27.6. The van der Waals surface area contributed by atoms with Crippen LogP contribution in [0.5, 0.6) is 0 Å². The van der Waals surface area contributed by atoms with E-state index in [1.54, 1.807) is 6.07 Å². The van der Waals surface area contributed by atoms with Gasteiger partial charge in [0.05, 0.1) is 33.5 Å². The summed E-state index contributed by atoms with van der Waals surface area (Å²) in [7, 11) is -7.95. The number of rotatable bonds is 8. The van der Waals surface area contributed by atoms with Crippen LogP contribution in [-0.2, 0) is 24.7 Å². The van der Waals surface area contributed by atoms with E-state index in [1.165, 1.54) is 29.7 Å². The van der Waals surface area contributed by atoms with Crippen molar-refractivity contribution >= 4 is 53.7 Å². The van der Waals surface area contributed by atoms with E-state index in [0.29, 0.717) is 41.4 Å². The van der Waals surface area contributed by atoms with E-state index >= 15 is 4.39 Å². The lowest BCUT2D eigenvalue weighted by Crippen LogP contribution is -2.43. The third-order valence-corrected chi connectivity index (χ3v) is 13.1. The van der Waals surface area contributed by atoms with Gasteiger partial charge in [0, 0.05) is 42.7 Å². The van der Waals surface area contributed by atoms with Gasteiger partial charge >= 0.3 is 0 Å². The fraction of sp³-hybridized carbons (Fsp3) is 0.355. The lowest BCUT2D eigenvalue weighted by Gasteiger charge is -2.33. The summed E-state index contributed by atoms with van der Waals surface area (Å²) in [6, 6.07) is 7.87. The molecule has 4 aromatic rings. The highest BCUT2D eigenvalue weighted by atomic mass is 32.2. The second-order valence-corrected chi connectivity index (χ2v) is 17.0. The van der Waals surface area contributed by atoms with Gasteiger partial charge in [0.2, 0.25) is 5.95 Å². The number of nitrogens with one attached hydrogen (secondary N) is 2. The van der Waals surface area contributed by atoms with Crippen LogP contribution in [0, 0.1) is 17.5 Å². The number of aromatic nitrogens is 3. The van der Waals surface area contributed by atoms with Crippen LogP contribution in [-0.4, -0.2) is 67.2 Å². The Kier molecular flexibility index (Phi) is 8.40. The maximum Gasteiger partial charge on any atom is 0.267 e. The minimum atomic E-state index is -4.87. The molecule has 3 aliphatic rings. The monoisotopic (exact) mass is 718 g/mol. The summed E-state index contributed by atoms with van der Waals surface area (Å²) in [5.74, 6) is -3.16. The molecule has 3 fully saturated rings. The summed E-state index contributed by atoms with van der Waals surface area (Å²) in [6.07, 6.45) is 4.66. The Morgan fingerprint density at radius 2 is 1.56 bits per heavy atom. The molecule has 0 radical (unpaired) electrons. The van der Waals surface area contributed by atoms with Gasteiger partial charge in [-0.1, -0.05) is 23.5 Å². The lowest BCUT2D eigenvalue weighted by molar-refractivity contribution is -0.120. The summed E-state index contributed by atoms with van der Waals surface area (Å²) in [5, 5.41) is 3.74. The van der Waals surface area contributed by atoms with Gasteiger partial charge in [0.1, 0.15) is 27.3 Å². The molecule has 252 valence electrons. The van der Waals surface area contributed by atoms with Crippen LogP contribution in [0.15, 0.2) is 53.6 Å². The van der Waals surface area contributed by atoms with E-state index in [9.17, 15) is 30.4 Å². The van der Waals surface area contributed by atoms with Gasteiger partial charge in [-0.2, -0.15) is 0 Å². The van der Waals surface area contributed by atoms with Crippen molar-refractivity contribution in [3.8, 4) is 21.8 Å². The molecule has 0 aliphatic carbocycles. The average molecular weight is 719 g/mol. The van der Waals surface area contributed by atoms with Gasteiger partial charge in [-0.15, -0.1) is 0 Å². The van der Waals surface area contributed by atoms with Gasteiger partial charge in [-0.3, -0.25) is 9.52 Å². The fourth-order valence-electron chi connectivity index (χ4n) is 6.56. The largest absolute Gasteiger partial charge is 0.351 e. The highest BCUT2D eigenvalue weighted by Gasteiger charge is 2.42. The predicted molar refractivity (Wildman–Crippen MR) is 175 cm³/mol. The standard InChI is InChI=1S/C31H29F3N6O5S3/c32-22-4-2-5-23(33)29(22)48(44,45)39-24-6-1-3-21(26(24)34)27-28(46-31(38-27)40-18-7-8-19(40)16-20(41)15-18)25-9-12-35-30(37-25)36-17-10-13-47(42,43)14-11-17/h1-6,9,12,17-19,39H,7-8,10-11,13-16H2,(H,35,36,37). The normalized spacial score (nSPS) is 21.0. The molecule has 2 aromatic heterocycles. The van der Waals surface area contributed by atoms with Gasteiger partial charge in [0.25, 0.3) is 10.0 Å². The number of thiazole rings is 1. The summed E-state index contributed by atoms with van der Waals surface area (Å²) in [4.78, 5) is 27.4. The Morgan fingerprint density at radius 3 is 2.25 bits per heavy atom. The first-order valence-corrected chi connectivity index (χ1v) is 19.4. The quantitative estimate of drug-likeness (QED) is 0.250. The minimum Gasteiger partial charge on any atom is -0.351 e. The number of halogens is 3. The number of carbonyl (C=O) groups excluding carboxylic acids is 1. The highest BCUT2D eigenvalue weighted by molar-refractivity contribution is 7.92. The Hall–Kier alpha value is -4.09. The molecule has 5 heterocycles. The van der Waals surface area contributed by atoms with E-state index in [2.05, 4.69) is 20.2 Å². The molecule has 2 bridgehead atoms. The first-order chi connectivity index (χ1) is 22.9. The molecule has 3 aliphatic heterocycles. The molecular weight excluding hydrogens is 690 g/mol. The van der Waals surface area contributed by atoms with Gasteiger partial charge < -0.3 is 10.2 Å². The average Bonchev–Trinajstić information content (AvgIpc) is 3.57. The Balaban J connectivity index is 1.28. The molecule has 17 heteroatoms. The predicted octanol–water partition coefficient (Wildman–Crippen LogP) is 5.17. The number of piperidine rings is 1. The van der Waals surface area contributed by atoms with Crippen molar-refractivity contribution in [2.75, 3.05) is 26.4 Å². The smallest absolute Gasteiger partial charge is 0.267 e. The summed E-state index contributed by atoms with van der Waals surface area (Å²) < 4.78 is 96.9. The zero-order chi connectivity index (χ0) is 33.8. The van der Waals surface area contributed by atoms with Crippen LogP contribution in [0.1, 0.15) is 38.5 Å². The molecule has 2 aromatic carbocycles. The van der Waals surface area contributed by atoms with E-state index in [4.69, 9.17) is 4.98 Å². The summed E-state index contributed by atoms with van der Waals surface area (Å²) in [6.45, 7) is 0. The van der Waals surface area contributed by atoms with Crippen LogP contribution in [0.25, 0.3) is 21.8 Å². The first-order valence-electron chi connectivity index (χ1n) is 15.3. The molecule has 0 spiro atoms. The van der Waals surface area contributed by atoms with E-state index < -0.39 is 47.9 Å². The molecule has 48 heavy (non-hydrogen) atoms. The van der Waals surface area contributed by atoms with Crippen molar-refractivity contribution < 1.29 is 34.8 Å². The maximum atomic E-state index is 16.3. The van der Waals surface area contributed by atoms with Crippen molar-refractivity contribution in [3.63, 3.8) is 0 Å². The minimum absolute atomic E-state index is 0.0519. The Morgan fingerprint density at radius 1 is 0.896 bits per heavy atom. The Labute approximate surface area is 278 Å². The maximum absolute atomic E-state index is 16.3. The third-order valence-electron chi connectivity index (χ3n) is 8.85. The van der Waals surface area contributed by atoms with Gasteiger partial charge in [-0.25, -0.2) is 45.0 Å². The van der Waals surface area contributed by atoms with Crippen LogP contribution >= 0.6 is 11.3 Å². The molecule has 11 nitrogen and oxygen atoms in total. The molecule has 2 unspecified atom stereocenters. The van der Waals surface area contributed by atoms with E-state index in [1.807, 2.05) is 4.72 Å². The molecule has 2 atom stereocenters. The number of Topliss-reactive ketones (excluding diaryl/α,β-unsaturated/α-hetero) is 1. The van der Waals surface area contributed by atoms with Crippen LogP contribution in [0.2, 0.25) is 0 Å². The number of sulfonamides is 1. The van der Waals surface area contributed by atoms with Crippen molar-refractivity contribution in [2.24, 2.45) is 0 Å². The Bertz CT molecular complexity index is 2100. The first kappa shape index (κ1) is 32.5. The topological polar surface area (TPSA) is 151 Å². The SMILES string of the molecule is O=C1CC2CCC(C1)N2c1nc(-c2cccc(NS(=O)(=O)c3c(F)cccc3F)c2F)c(-c2ccnc(NC3CCS(=O)(=O)CC3)n2)s1. The lowest BCUT2D eigenvalue weighted by atomic mass is 10.0. The van der Waals surface area contributed by atoms with Crippen molar-refractivity contribution in [1.29, 1.82) is 0 Å². The second kappa shape index (κ2) is 12.4. The molecule has 0 saturated carbocycles. The van der Waals surface area contributed by atoms with Crippen molar-refractivity contribution in [1.82, 2.24) is 15.0 Å². The number of hydrogen-bond acceptors (Lipinski definition) is 11. The van der Waals surface area contributed by atoms with Crippen LogP contribution in [0.4, 0.5) is 29.9 Å². The number of sulfone groups is 1. The fourth-order valence-corrected chi connectivity index (χ4v) is 10.4. The number of ketones is 1. The van der Waals surface area contributed by atoms with Crippen molar-refractivity contribution in [2.45, 2.75) is 61.5 Å². The molecule has 3 saturated heterocycles. The third kappa shape index (κ3) is 6.25. The number of nitrogens with zero attached hydrogens (tertiary/aromatic N) is 4. The van der Waals surface area contributed by atoms with Gasteiger partial charge in [-0.05, 0) is 56.0 Å². The van der Waals surface area contributed by atoms with E-state index in [0.717, 1.165) is 37.1 Å². The van der Waals surface area contributed by atoms with Crippen LogP contribution in [0.3, 0.4) is 0 Å².